The average Bonchev–Trinajstić information content (AvgIpc) is 2.79. The minimum atomic E-state index is -3.57. The van der Waals surface area contributed by atoms with Gasteiger partial charge in [-0.2, -0.15) is 0 Å². The molecule has 0 spiro atoms. The molecule has 1 atom stereocenters. The normalized spacial score (nSPS) is 13.3. The van der Waals surface area contributed by atoms with Gasteiger partial charge in [0, 0.05) is 11.1 Å². The molecule has 0 bridgehead atoms. The molecule has 2 aromatic rings. The van der Waals surface area contributed by atoms with E-state index in [0.29, 0.717) is 11.4 Å². The van der Waals surface area contributed by atoms with Crippen molar-refractivity contribution in [2.24, 2.45) is 0 Å². The summed E-state index contributed by atoms with van der Waals surface area (Å²) in [6.07, 6.45) is 1.83. The van der Waals surface area contributed by atoms with Gasteiger partial charge in [0.25, 0.3) is 10.0 Å². The van der Waals surface area contributed by atoms with E-state index in [1.807, 2.05) is 12.1 Å². The summed E-state index contributed by atoms with van der Waals surface area (Å²) in [5.74, 6) is 0. The molecule has 0 saturated carbocycles. The number of benzene rings is 1. The highest BCUT2D eigenvalue weighted by molar-refractivity contribution is 7.91. The molecule has 2 rings (SSSR count). The molecule has 0 aliphatic heterocycles. The molecule has 0 aliphatic carbocycles. The highest BCUT2D eigenvalue weighted by Gasteiger charge is 2.20. The standard InChI is InChI=1S/C12H12Cl2N2O2S2/c1-8(6-9-2-4-10(13)5-3-9)16-20(17,18)11-7-15-12(14)19-11/h2-5,7-8,16H,6H2,1H3. The first kappa shape index (κ1) is 15.7. The average molecular weight is 351 g/mol. The summed E-state index contributed by atoms with van der Waals surface area (Å²) in [4.78, 5) is 3.73. The summed E-state index contributed by atoms with van der Waals surface area (Å²) < 4.78 is 27.1. The minimum Gasteiger partial charge on any atom is -0.232 e. The maximum absolute atomic E-state index is 12.1. The SMILES string of the molecule is CC(Cc1ccc(Cl)cc1)NS(=O)(=O)c1cnc(Cl)s1. The third-order valence-corrected chi connectivity index (χ3v) is 5.95. The van der Waals surface area contributed by atoms with Gasteiger partial charge in [-0.1, -0.05) is 46.7 Å². The number of nitrogens with zero attached hydrogens (tertiary/aromatic N) is 1. The number of hydrogen-bond donors (Lipinski definition) is 1. The van der Waals surface area contributed by atoms with Crippen molar-refractivity contribution >= 4 is 44.6 Å². The number of nitrogens with one attached hydrogen (secondary N) is 1. The third-order valence-electron chi connectivity index (χ3n) is 2.53. The number of thiazole rings is 1. The lowest BCUT2D eigenvalue weighted by Crippen LogP contribution is -2.33. The molecule has 0 fully saturated rings. The molecular formula is C12H12Cl2N2O2S2. The van der Waals surface area contributed by atoms with Crippen molar-refractivity contribution in [1.29, 1.82) is 0 Å². The van der Waals surface area contributed by atoms with E-state index < -0.39 is 10.0 Å². The number of rotatable bonds is 5. The molecule has 1 aromatic carbocycles. The van der Waals surface area contributed by atoms with Crippen molar-refractivity contribution in [2.45, 2.75) is 23.6 Å². The summed E-state index contributed by atoms with van der Waals surface area (Å²) in [5.41, 5.74) is 1.01. The Morgan fingerprint density at radius 3 is 2.50 bits per heavy atom. The van der Waals surface area contributed by atoms with E-state index in [4.69, 9.17) is 23.2 Å². The van der Waals surface area contributed by atoms with Crippen LogP contribution in [0.15, 0.2) is 34.7 Å². The molecule has 1 heterocycles. The predicted molar refractivity (Wildman–Crippen MR) is 82.1 cm³/mol. The molecular weight excluding hydrogens is 339 g/mol. The Bertz CT molecular complexity index is 684. The van der Waals surface area contributed by atoms with Gasteiger partial charge in [0.15, 0.2) is 8.68 Å². The molecule has 0 radical (unpaired) electrons. The summed E-state index contributed by atoms with van der Waals surface area (Å²) in [5, 5.41) is 0.654. The fourth-order valence-corrected chi connectivity index (χ4v) is 4.38. The van der Waals surface area contributed by atoms with Gasteiger partial charge in [-0.05, 0) is 31.0 Å². The molecule has 108 valence electrons. The Kier molecular flexibility index (Phi) is 5.04. The van der Waals surface area contributed by atoms with Gasteiger partial charge in [0.05, 0.1) is 6.20 Å². The van der Waals surface area contributed by atoms with Gasteiger partial charge in [0.2, 0.25) is 0 Å². The van der Waals surface area contributed by atoms with E-state index in [9.17, 15) is 8.42 Å². The fourth-order valence-electron chi connectivity index (χ4n) is 1.70. The molecule has 1 N–H and O–H groups in total. The molecule has 20 heavy (non-hydrogen) atoms. The van der Waals surface area contributed by atoms with Crippen molar-refractivity contribution in [3.8, 4) is 0 Å². The Morgan fingerprint density at radius 1 is 1.30 bits per heavy atom. The van der Waals surface area contributed by atoms with Crippen LogP contribution in [0.25, 0.3) is 0 Å². The summed E-state index contributed by atoms with van der Waals surface area (Å²) >= 11 is 12.4. The van der Waals surface area contributed by atoms with Crippen LogP contribution >= 0.6 is 34.5 Å². The van der Waals surface area contributed by atoms with Crippen LogP contribution in [0, 0.1) is 0 Å². The Hall–Kier alpha value is -0.660. The monoisotopic (exact) mass is 350 g/mol. The number of sulfonamides is 1. The summed E-state index contributed by atoms with van der Waals surface area (Å²) in [6, 6.07) is 7.05. The van der Waals surface area contributed by atoms with Gasteiger partial charge in [-0.15, -0.1) is 0 Å². The maximum Gasteiger partial charge on any atom is 0.251 e. The van der Waals surface area contributed by atoms with Gasteiger partial charge in [-0.25, -0.2) is 18.1 Å². The van der Waals surface area contributed by atoms with Crippen LogP contribution in [0.1, 0.15) is 12.5 Å². The van der Waals surface area contributed by atoms with E-state index >= 15 is 0 Å². The molecule has 4 nitrogen and oxygen atoms in total. The van der Waals surface area contributed by atoms with Crippen LogP contribution in [0.4, 0.5) is 0 Å². The van der Waals surface area contributed by atoms with Crippen molar-refractivity contribution < 1.29 is 8.42 Å². The molecule has 0 aliphatic rings. The highest BCUT2D eigenvalue weighted by atomic mass is 35.5. The molecule has 1 unspecified atom stereocenters. The van der Waals surface area contributed by atoms with Crippen molar-refractivity contribution in [2.75, 3.05) is 0 Å². The van der Waals surface area contributed by atoms with Crippen LogP contribution in [-0.4, -0.2) is 19.4 Å². The second-order valence-electron chi connectivity index (χ2n) is 4.29. The van der Waals surface area contributed by atoms with Crippen LogP contribution in [-0.2, 0) is 16.4 Å². The van der Waals surface area contributed by atoms with Crippen LogP contribution in [0.2, 0.25) is 9.49 Å². The maximum atomic E-state index is 12.1. The second-order valence-corrected chi connectivity index (χ2v) is 8.28. The number of halogens is 2. The van der Waals surface area contributed by atoms with E-state index in [-0.39, 0.29) is 14.7 Å². The first-order chi connectivity index (χ1) is 9.37. The smallest absolute Gasteiger partial charge is 0.232 e. The Balaban J connectivity index is 2.04. The second kappa shape index (κ2) is 6.41. The quantitative estimate of drug-likeness (QED) is 0.899. The lowest BCUT2D eigenvalue weighted by molar-refractivity contribution is 0.561. The first-order valence-corrected chi connectivity index (χ1v) is 8.80. The third kappa shape index (κ3) is 4.17. The largest absolute Gasteiger partial charge is 0.251 e. The Labute approximate surface area is 131 Å². The van der Waals surface area contributed by atoms with E-state index in [1.54, 1.807) is 19.1 Å². The predicted octanol–water partition coefficient (Wildman–Crippen LogP) is 3.36. The fraction of sp³-hybridized carbons (Fsp3) is 0.250. The van der Waals surface area contributed by atoms with Crippen molar-refractivity contribution in [3.05, 3.63) is 45.5 Å². The van der Waals surface area contributed by atoms with E-state index in [2.05, 4.69) is 9.71 Å². The zero-order valence-corrected chi connectivity index (χ0v) is 13.7. The molecule has 1 aromatic heterocycles. The van der Waals surface area contributed by atoms with Gasteiger partial charge in [0.1, 0.15) is 0 Å². The lowest BCUT2D eigenvalue weighted by Gasteiger charge is -2.13. The van der Waals surface area contributed by atoms with E-state index in [0.717, 1.165) is 16.9 Å². The van der Waals surface area contributed by atoms with Gasteiger partial charge in [-0.3, -0.25) is 0 Å². The summed E-state index contributed by atoms with van der Waals surface area (Å²) in [6.45, 7) is 1.80. The van der Waals surface area contributed by atoms with Gasteiger partial charge >= 0.3 is 0 Å². The zero-order chi connectivity index (χ0) is 14.8. The molecule has 0 saturated heterocycles. The van der Waals surface area contributed by atoms with Crippen LogP contribution in [0.5, 0.6) is 0 Å². The lowest BCUT2D eigenvalue weighted by atomic mass is 10.1. The zero-order valence-electron chi connectivity index (χ0n) is 10.5. The molecule has 8 heteroatoms. The van der Waals surface area contributed by atoms with Crippen molar-refractivity contribution in [1.82, 2.24) is 9.71 Å². The van der Waals surface area contributed by atoms with Crippen LogP contribution in [0.3, 0.4) is 0 Å². The van der Waals surface area contributed by atoms with E-state index in [1.165, 1.54) is 6.20 Å². The Morgan fingerprint density at radius 2 is 1.95 bits per heavy atom. The van der Waals surface area contributed by atoms with Crippen LogP contribution < -0.4 is 4.72 Å². The van der Waals surface area contributed by atoms with Gasteiger partial charge < -0.3 is 0 Å². The topological polar surface area (TPSA) is 59.1 Å². The number of aromatic nitrogens is 1. The number of hydrogen-bond acceptors (Lipinski definition) is 4. The minimum absolute atomic E-state index is 0.116. The summed E-state index contributed by atoms with van der Waals surface area (Å²) in [7, 11) is -3.57. The van der Waals surface area contributed by atoms with Crippen molar-refractivity contribution in [3.63, 3.8) is 0 Å². The molecule has 0 amide bonds. The first-order valence-electron chi connectivity index (χ1n) is 5.75. The highest BCUT2D eigenvalue weighted by Crippen LogP contribution is 2.22.